The Morgan fingerprint density at radius 1 is 1.19 bits per heavy atom. The molecule has 1 amide bonds. The lowest BCUT2D eigenvalue weighted by Gasteiger charge is -2.31. The van der Waals surface area contributed by atoms with Crippen molar-refractivity contribution < 1.29 is 4.79 Å². The van der Waals surface area contributed by atoms with E-state index in [9.17, 15) is 9.59 Å². The molecule has 1 saturated carbocycles. The quantitative estimate of drug-likeness (QED) is 0.841. The van der Waals surface area contributed by atoms with Crippen molar-refractivity contribution in [2.24, 2.45) is 17.8 Å². The van der Waals surface area contributed by atoms with Gasteiger partial charge in [-0.2, -0.15) is 0 Å². The summed E-state index contributed by atoms with van der Waals surface area (Å²) >= 11 is 0. The van der Waals surface area contributed by atoms with Gasteiger partial charge in [0.25, 0.3) is 5.56 Å². The molecular formula is C20H20N4O2. The van der Waals surface area contributed by atoms with Gasteiger partial charge in [-0.1, -0.05) is 12.2 Å². The highest BCUT2D eigenvalue weighted by Crippen LogP contribution is 2.44. The molecule has 26 heavy (non-hydrogen) atoms. The van der Waals surface area contributed by atoms with Crippen LogP contribution in [0.4, 0.5) is 0 Å². The maximum Gasteiger partial charge on any atom is 0.254 e. The second-order valence-electron chi connectivity index (χ2n) is 7.47. The van der Waals surface area contributed by atoms with Crippen molar-refractivity contribution in [2.75, 3.05) is 6.54 Å². The number of H-pyrrole nitrogens is 1. The molecule has 3 heterocycles. The lowest BCUT2D eigenvalue weighted by atomic mass is 9.91. The van der Waals surface area contributed by atoms with Crippen molar-refractivity contribution in [3.8, 4) is 11.4 Å². The van der Waals surface area contributed by atoms with Crippen LogP contribution in [-0.2, 0) is 17.8 Å². The summed E-state index contributed by atoms with van der Waals surface area (Å²) < 4.78 is 0. The molecule has 0 unspecified atom stereocenters. The number of rotatable bonds is 2. The lowest BCUT2D eigenvalue weighted by molar-refractivity contribution is -0.137. The number of pyridine rings is 1. The number of amides is 1. The molecule has 3 atom stereocenters. The summed E-state index contributed by atoms with van der Waals surface area (Å²) in [5, 5.41) is 0. The average molecular weight is 348 g/mol. The number of aromatic amines is 1. The van der Waals surface area contributed by atoms with E-state index in [1.54, 1.807) is 12.4 Å². The van der Waals surface area contributed by atoms with E-state index < -0.39 is 0 Å². The molecule has 2 aliphatic carbocycles. The Balaban J connectivity index is 1.43. The van der Waals surface area contributed by atoms with Gasteiger partial charge in [-0.3, -0.25) is 14.6 Å². The molecule has 0 aromatic carbocycles. The van der Waals surface area contributed by atoms with E-state index in [1.165, 1.54) is 0 Å². The van der Waals surface area contributed by atoms with Gasteiger partial charge >= 0.3 is 0 Å². The van der Waals surface area contributed by atoms with Crippen LogP contribution in [0, 0.1) is 17.8 Å². The molecule has 0 spiro atoms. The van der Waals surface area contributed by atoms with Gasteiger partial charge in [0.1, 0.15) is 5.82 Å². The van der Waals surface area contributed by atoms with Crippen LogP contribution in [0.15, 0.2) is 41.5 Å². The first-order valence-electron chi connectivity index (χ1n) is 9.18. The van der Waals surface area contributed by atoms with Gasteiger partial charge in [-0.05, 0) is 43.2 Å². The molecule has 132 valence electrons. The van der Waals surface area contributed by atoms with Crippen LogP contribution in [-0.4, -0.2) is 32.3 Å². The van der Waals surface area contributed by atoms with Crippen molar-refractivity contribution >= 4 is 5.91 Å². The molecule has 2 aromatic heterocycles. The van der Waals surface area contributed by atoms with Crippen LogP contribution in [0.2, 0.25) is 0 Å². The molecule has 2 bridgehead atoms. The fraction of sp³-hybridized carbons (Fsp3) is 0.400. The topological polar surface area (TPSA) is 79.0 Å². The molecule has 6 nitrogen and oxygen atoms in total. The number of nitrogens with zero attached hydrogens (tertiary/aromatic N) is 3. The zero-order valence-corrected chi connectivity index (χ0v) is 14.4. The standard InChI is InChI=1S/C20H20N4O2/c25-19-15-5-8-24(20(26)16-10-12-1-2-14(16)9-12)11-17(15)22-18(23-19)13-3-6-21-7-4-13/h1-4,6-7,12,14,16H,5,8-11H2,(H,22,23,25)/t12-,14+,16-/m1/s1. The Bertz CT molecular complexity index is 950. The van der Waals surface area contributed by atoms with Gasteiger partial charge in [0, 0.05) is 36.0 Å². The smallest absolute Gasteiger partial charge is 0.254 e. The summed E-state index contributed by atoms with van der Waals surface area (Å²) in [4.78, 5) is 38.9. The van der Waals surface area contributed by atoms with E-state index in [4.69, 9.17) is 0 Å². The first-order chi connectivity index (χ1) is 12.7. The second-order valence-corrected chi connectivity index (χ2v) is 7.47. The number of allylic oxidation sites excluding steroid dienone is 2. The maximum absolute atomic E-state index is 13.0. The summed E-state index contributed by atoms with van der Waals surface area (Å²) in [6.07, 6.45) is 10.5. The number of carbonyl (C=O) groups is 1. The van der Waals surface area contributed by atoms with Crippen molar-refractivity contribution in [1.82, 2.24) is 19.9 Å². The van der Waals surface area contributed by atoms with Crippen LogP contribution in [0.5, 0.6) is 0 Å². The summed E-state index contributed by atoms with van der Waals surface area (Å²) in [7, 11) is 0. The van der Waals surface area contributed by atoms with Crippen molar-refractivity contribution in [3.63, 3.8) is 0 Å². The number of nitrogens with one attached hydrogen (secondary N) is 1. The third-order valence-electron chi connectivity index (χ3n) is 5.94. The van der Waals surface area contributed by atoms with Gasteiger partial charge in [0.05, 0.1) is 12.2 Å². The van der Waals surface area contributed by atoms with Crippen LogP contribution in [0.1, 0.15) is 24.1 Å². The zero-order chi connectivity index (χ0) is 17.7. The Labute approximate surface area is 151 Å². The minimum absolute atomic E-state index is 0.100. The van der Waals surface area contributed by atoms with Crippen LogP contribution >= 0.6 is 0 Å². The summed E-state index contributed by atoms with van der Waals surface area (Å²) in [5.74, 6) is 1.83. The highest BCUT2D eigenvalue weighted by atomic mass is 16.2. The third-order valence-corrected chi connectivity index (χ3v) is 5.94. The van der Waals surface area contributed by atoms with Crippen LogP contribution in [0.3, 0.4) is 0 Å². The minimum atomic E-state index is -0.100. The summed E-state index contributed by atoms with van der Waals surface area (Å²) in [6, 6.07) is 3.63. The Morgan fingerprint density at radius 3 is 2.77 bits per heavy atom. The molecule has 0 radical (unpaired) electrons. The molecule has 1 fully saturated rings. The summed E-state index contributed by atoms with van der Waals surface area (Å²) in [6.45, 7) is 1.02. The van der Waals surface area contributed by atoms with E-state index >= 15 is 0 Å². The fourth-order valence-electron chi connectivity index (χ4n) is 4.57. The Kier molecular flexibility index (Phi) is 3.51. The Hall–Kier alpha value is -2.76. The Morgan fingerprint density at radius 2 is 2.04 bits per heavy atom. The lowest BCUT2D eigenvalue weighted by Crippen LogP contribution is -2.43. The van der Waals surface area contributed by atoms with E-state index in [0.717, 1.165) is 24.1 Å². The first kappa shape index (κ1) is 15.5. The first-order valence-corrected chi connectivity index (χ1v) is 9.18. The van der Waals surface area contributed by atoms with Gasteiger partial charge in [-0.15, -0.1) is 0 Å². The molecule has 1 N–H and O–H groups in total. The van der Waals surface area contributed by atoms with Gasteiger partial charge in [0.2, 0.25) is 5.91 Å². The van der Waals surface area contributed by atoms with Crippen molar-refractivity contribution in [2.45, 2.75) is 25.8 Å². The fourth-order valence-corrected chi connectivity index (χ4v) is 4.57. The number of carbonyl (C=O) groups excluding carboxylic acids is 1. The molecule has 2 aromatic rings. The van der Waals surface area contributed by atoms with E-state index in [0.29, 0.717) is 42.7 Å². The third kappa shape index (κ3) is 2.48. The predicted molar refractivity (Wildman–Crippen MR) is 96.1 cm³/mol. The van der Waals surface area contributed by atoms with Crippen molar-refractivity contribution in [1.29, 1.82) is 0 Å². The second kappa shape index (κ2) is 5.90. The maximum atomic E-state index is 13.0. The van der Waals surface area contributed by atoms with Crippen LogP contribution in [0.25, 0.3) is 11.4 Å². The predicted octanol–water partition coefficient (Wildman–Crippen LogP) is 1.93. The number of hydrogen-bond acceptors (Lipinski definition) is 4. The zero-order valence-electron chi connectivity index (χ0n) is 14.4. The van der Waals surface area contributed by atoms with E-state index in [-0.39, 0.29) is 17.4 Å². The highest BCUT2D eigenvalue weighted by molar-refractivity contribution is 5.80. The monoisotopic (exact) mass is 348 g/mol. The van der Waals surface area contributed by atoms with E-state index in [2.05, 4.69) is 27.1 Å². The minimum Gasteiger partial charge on any atom is -0.336 e. The molecule has 3 aliphatic rings. The largest absolute Gasteiger partial charge is 0.336 e. The SMILES string of the molecule is O=C([C@@H]1C[C@@H]2C=C[C@H]1C2)N1CCc2c(nc(-c3ccncc3)[nH]c2=O)C1. The summed E-state index contributed by atoms with van der Waals surface area (Å²) in [5.41, 5.74) is 2.15. The van der Waals surface area contributed by atoms with Gasteiger partial charge < -0.3 is 9.88 Å². The normalized spacial score (nSPS) is 26.2. The molecule has 1 aliphatic heterocycles. The van der Waals surface area contributed by atoms with Gasteiger partial charge in [-0.25, -0.2) is 4.98 Å². The molecule has 6 heteroatoms. The van der Waals surface area contributed by atoms with E-state index in [1.807, 2.05) is 17.0 Å². The van der Waals surface area contributed by atoms with Crippen LogP contribution < -0.4 is 5.56 Å². The average Bonchev–Trinajstić information content (AvgIpc) is 3.31. The molecule has 5 rings (SSSR count). The number of fused-ring (bicyclic) bond motifs is 3. The molecule has 0 saturated heterocycles. The van der Waals surface area contributed by atoms with Gasteiger partial charge in [0.15, 0.2) is 0 Å². The molecular weight excluding hydrogens is 328 g/mol. The number of aromatic nitrogens is 3. The van der Waals surface area contributed by atoms with Crippen molar-refractivity contribution in [3.05, 3.63) is 58.3 Å². The highest BCUT2D eigenvalue weighted by Gasteiger charge is 2.42. The number of hydrogen-bond donors (Lipinski definition) is 1.